The first-order valence-corrected chi connectivity index (χ1v) is 12.5. The summed E-state index contributed by atoms with van der Waals surface area (Å²) in [6, 6.07) is 16.1. The molecule has 0 bridgehead atoms. The average molecular weight is 511 g/mol. The SMILES string of the molecule is FCCCN1CC(=Cc2ccc(C3=C(c4ncc(F)cc4C(F)(F)F)CCCc4ccccc43)cc2)C1. The first-order valence-electron chi connectivity index (χ1n) is 12.5. The van der Waals surface area contributed by atoms with Crippen LogP contribution in [0.5, 0.6) is 0 Å². The molecule has 0 radical (unpaired) electrons. The molecule has 3 aromatic rings. The number of fused-ring (bicyclic) bond motifs is 1. The number of hydrogen-bond donors (Lipinski definition) is 0. The van der Waals surface area contributed by atoms with Crippen LogP contribution in [0.3, 0.4) is 0 Å². The minimum absolute atomic E-state index is 0.213. The zero-order valence-electron chi connectivity index (χ0n) is 20.3. The molecule has 2 aliphatic rings. The number of benzene rings is 2. The van der Waals surface area contributed by atoms with Crippen molar-refractivity contribution in [1.29, 1.82) is 0 Å². The third kappa shape index (κ3) is 5.52. The van der Waals surface area contributed by atoms with Crippen LogP contribution < -0.4 is 0 Å². The highest BCUT2D eigenvalue weighted by Crippen LogP contribution is 2.43. The maximum absolute atomic E-state index is 14.0. The van der Waals surface area contributed by atoms with Gasteiger partial charge in [-0.1, -0.05) is 54.6 Å². The number of hydrogen-bond acceptors (Lipinski definition) is 2. The molecule has 7 heteroatoms. The number of pyridine rings is 1. The van der Waals surface area contributed by atoms with Crippen molar-refractivity contribution in [2.24, 2.45) is 0 Å². The number of halogens is 5. The molecule has 0 amide bonds. The van der Waals surface area contributed by atoms with Gasteiger partial charge in [-0.2, -0.15) is 13.2 Å². The van der Waals surface area contributed by atoms with Crippen LogP contribution in [0.4, 0.5) is 22.0 Å². The number of aromatic nitrogens is 1. The minimum Gasteiger partial charge on any atom is -0.295 e. The van der Waals surface area contributed by atoms with E-state index in [9.17, 15) is 22.0 Å². The monoisotopic (exact) mass is 510 g/mol. The lowest BCUT2D eigenvalue weighted by molar-refractivity contribution is -0.138. The standard InChI is InChI=1S/C30H27F5N2/c31-13-4-14-37-18-21(19-37)15-20-9-11-23(12-10-20)28-25-7-2-1-5-22(25)6-3-8-26(28)29-27(30(33,34)35)16-24(32)17-36-29/h1-2,5,7,9-12,15-17H,3-4,6,8,13-14,18-19H2. The molecule has 2 heterocycles. The topological polar surface area (TPSA) is 16.1 Å². The third-order valence-corrected chi connectivity index (χ3v) is 6.94. The highest BCUT2D eigenvalue weighted by Gasteiger charge is 2.36. The van der Waals surface area contributed by atoms with Crippen LogP contribution in [0.2, 0.25) is 0 Å². The fourth-order valence-electron chi connectivity index (χ4n) is 5.23. The van der Waals surface area contributed by atoms with Gasteiger partial charge < -0.3 is 0 Å². The molecule has 1 aromatic heterocycles. The molecule has 1 aliphatic carbocycles. The summed E-state index contributed by atoms with van der Waals surface area (Å²) in [4.78, 5) is 6.16. The van der Waals surface area contributed by atoms with E-state index >= 15 is 0 Å². The van der Waals surface area contributed by atoms with Crippen molar-refractivity contribution in [3.8, 4) is 0 Å². The maximum atomic E-state index is 14.0. The predicted octanol–water partition coefficient (Wildman–Crippen LogP) is 7.59. The second-order valence-electron chi connectivity index (χ2n) is 9.59. The number of alkyl halides is 4. The molecule has 1 saturated heterocycles. The summed E-state index contributed by atoms with van der Waals surface area (Å²) < 4.78 is 68.1. The lowest BCUT2D eigenvalue weighted by Gasteiger charge is -2.33. The van der Waals surface area contributed by atoms with Gasteiger partial charge in [0.25, 0.3) is 0 Å². The predicted molar refractivity (Wildman–Crippen MR) is 136 cm³/mol. The van der Waals surface area contributed by atoms with Gasteiger partial charge in [0.2, 0.25) is 0 Å². The van der Waals surface area contributed by atoms with Crippen molar-refractivity contribution >= 4 is 17.2 Å². The summed E-state index contributed by atoms with van der Waals surface area (Å²) in [5.74, 6) is -1.01. The Kier molecular flexibility index (Phi) is 7.24. The van der Waals surface area contributed by atoms with E-state index in [0.29, 0.717) is 36.5 Å². The lowest BCUT2D eigenvalue weighted by atomic mass is 9.88. The van der Waals surface area contributed by atoms with Crippen LogP contribution >= 0.6 is 0 Å². The number of aryl methyl sites for hydroxylation is 1. The molecule has 2 aromatic carbocycles. The Hall–Kier alpha value is -3.32. The van der Waals surface area contributed by atoms with Crippen LogP contribution in [0.1, 0.15) is 52.8 Å². The molecule has 0 saturated carbocycles. The van der Waals surface area contributed by atoms with Gasteiger partial charge in [0.05, 0.1) is 24.1 Å². The highest BCUT2D eigenvalue weighted by atomic mass is 19.4. The van der Waals surface area contributed by atoms with Crippen molar-refractivity contribution in [2.45, 2.75) is 31.9 Å². The van der Waals surface area contributed by atoms with Crippen LogP contribution in [0, 0.1) is 5.82 Å². The van der Waals surface area contributed by atoms with Gasteiger partial charge in [-0.25, -0.2) is 4.39 Å². The van der Waals surface area contributed by atoms with Crippen molar-refractivity contribution < 1.29 is 22.0 Å². The summed E-state index contributed by atoms with van der Waals surface area (Å²) in [5, 5.41) is 0. The molecule has 1 fully saturated rings. The lowest BCUT2D eigenvalue weighted by Crippen LogP contribution is -2.40. The molecular formula is C30H27F5N2. The summed E-state index contributed by atoms with van der Waals surface area (Å²) in [6.45, 7) is 2.08. The van der Waals surface area contributed by atoms with Gasteiger partial charge in [0, 0.05) is 19.6 Å². The first-order chi connectivity index (χ1) is 17.8. The van der Waals surface area contributed by atoms with Crippen LogP contribution in [-0.4, -0.2) is 36.2 Å². The van der Waals surface area contributed by atoms with E-state index in [2.05, 4.69) is 16.0 Å². The van der Waals surface area contributed by atoms with Gasteiger partial charge in [-0.05, 0) is 70.7 Å². The Bertz CT molecular complexity index is 1330. The fraction of sp³-hybridized carbons (Fsp3) is 0.300. The minimum atomic E-state index is -4.73. The van der Waals surface area contributed by atoms with Crippen molar-refractivity contribution in [3.05, 3.63) is 106 Å². The number of rotatable bonds is 6. The molecule has 0 N–H and O–H groups in total. The highest BCUT2D eigenvalue weighted by molar-refractivity contribution is 5.99. The first kappa shape index (κ1) is 25.3. The largest absolute Gasteiger partial charge is 0.418 e. The Morgan fingerprint density at radius 1 is 0.973 bits per heavy atom. The molecule has 5 rings (SSSR count). The van der Waals surface area contributed by atoms with E-state index in [1.807, 2.05) is 48.5 Å². The van der Waals surface area contributed by atoms with Crippen LogP contribution in [0.25, 0.3) is 17.2 Å². The van der Waals surface area contributed by atoms with E-state index in [-0.39, 0.29) is 12.4 Å². The summed E-state index contributed by atoms with van der Waals surface area (Å²) in [5.41, 5.74) is 4.92. The van der Waals surface area contributed by atoms with Crippen molar-refractivity contribution in [1.82, 2.24) is 9.88 Å². The van der Waals surface area contributed by atoms with E-state index in [1.54, 1.807) is 0 Å². The maximum Gasteiger partial charge on any atom is 0.418 e. The van der Waals surface area contributed by atoms with E-state index in [1.165, 1.54) is 5.57 Å². The molecule has 0 spiro atoms. The summed E-state index contributed by atoms with van der Waals surface area (Å²) >= 11 is 0. The normalized spacial score (nSPS) is 16.3. The summed E-state index contributed by atoms with van der Waals surface area (Å²) in [6.07, 6.45) is 0.563. The molecule has 192 valence electrons. The van der Waals surface area contributed by atoms with E-state index in [4.69, 9.17) is 0 Å². The van der Waals surface area contributed by atoms with Gasteiger partial charge in [-0.15, -0.1) is 0 Å². The van der Waals surface area contributed by atoms with Crippen molar-refractivity contribution in [2.75, 3.05) is 26.3 Å². The Balaban J connectivity index is 1.57. The van der Waals surface area contributed by atoms with Gasteiger partial charge in [0.1, 0.15) is 5.82 Å². The Morgan fingerprint density at radius 3 is 2.46 bits per heavy atom. The molecule has 1 aliphatic heterocycles. The molecular weight excluding hydrogens is 483 g/mol. The summed E-state index contributed by atoms with van der Waals surface area (Å²) in [7, 11) is 0. The average Bonchev–Trinajstić information content (AvgIpc) is 3.05. The van der Waals surface area contributed by atoms with E-state index < -0.39 is 17.6 Å². The number of allylic oxidation sites excluding steroid dienone is 1. The zero-order valence-corrected chi connectivity index (χ0v) is 20.3. The Morgan fingerprint density at radius 2 is 1.73 bits per heavy atom. The van der Waals surface area contributed by atoms with Gasteiger partial charge >= 0.3 is 6.18 Å². The van der Waals surface area contributed by atoms with Gasteiger partial charge in [-0.3, -0.25) is 14.3 Å². The fourth-order valence-corrected chi connectivity index (χ4v) is 5.23. The molecule has 0 atom stereocenters. The number of nitrogens with zero attached hydrogens (tertiary/aromatic N) is 2. The second-order valence-corrected chi connectivity index (χ2v) is 9.59. The molecule has 37 heavy (non-hydrogen) atoms. The quantitative estimate of drug-likeness (QED) is 0.318. The van der Waals surface area contributed by atoms with E-state index in [0.717, 1.165) is 54.5 Å². The van der Waals surface area contributed by atoms with Crippen molar-refractivity contribution in [3.63, 3.8) is 0 Å². The molecule has 2 nitrogen and oxygen atoms in total. The van der Waals surface area contributed by atoms with Gasteiger partial charge in [0.15, 0.2) is 0 Å². The molecule has 0 unspecified atom stereocenters. The smallest absolute Gasteiger partial charge is 0.295 e. The zero-order chi connectivity index (χ0) is 26.0. The van der Waals surface area contributed by atoms with Crippen LogP contribution in [0.15, 0.2) is 66.4 Å². The Labute approximate surface area is 213 Å². The van der Waals surface area contributed by atoms with Crippen LogP contribution in [-0.2, 0) is 12.6 Å². The second kappa shape index (κ2) is 10.6. The third-order valence-electron chi connectivity index (χ3n) is 6.94. The number of likely N-dealkylation sites (tertiary alicyclic amines) is 1.